The summed E-state index contributed by atoms with van der Waals surface area (Å²) in [5.41, 5.74) is 3.27. The Labute approximate surface area is 130 Å². The summed E-state index contributed by atoms with van der Waals surface area (Å²) in [5, 5.41) is 4.21. The third kappa shape index (κ3) is 2.59. The van der Waals surface area contributed by atoms with E-state index in [2.05, 4.69) is 21.4 Å². The van der Waals surface area contributed by atoms with Gasteiger partial charge in [0.05, 0.1) is 16.3 Å². The van der Waals surface area contributed by atoms with Crippen molar-refractivity contribution < 1.29 is 4.55 Å². The summed E-state index contributed by atoms with van der Waals surface area (Å²) in [6, 6.07) is 7.80. The van der Waals surface area contributed by atoms with Gasteiger partial charge in [-0.05, 0) is 36.4 Å². The highest BCUT2D eigenvalue weighted by molar-refractivity contribution is 8.05. The Kier molecular flexibility index (Phi) is 3.45. The quantitative estimate of drug-likeness (QED) is 0.854. The number of hydrogen-bond acceptors (Lipinski definition) is 4. The number of rotatable bonds is 3. The van der Waals surface area contributed by atoms with E-state index in [1.54, 1.807) is 0 Å². The number of nitrogens with zero attached hydrogens (tertiary/aromatic N) is 1. The van der Waals surface area contributed by atoms with Gasteiger partial charge in [-0.2, -0.15) is 4.98 Å². The fourth-order valence-corrected chi connectivity index (χ4v) is 5.48. The van der Waals surface area contributed by atoms with E-state index in [9.17, 15) is 4.55 Å². The first-order valence-electron chi connectivity index (χ1n) is 6.91. The molecule has 0 bridgehead atoms. The number of fused-ring (bicyclic) bond motifs is 1. The summed E-state index contributed by atoms with van der Waals surface area (Å²) in [6.45, 7) is 0.923. The highest BCUT2D eigenvalue weighted by atomic mass is 32.2. The predicted molar refractivity (Wildman–Crippen MR) is 87.5 cm³/mol. The number of H-pyrrole nitrogens is 1. The molecule has 2 aliphatic rings. The highest BCUT2D eigenvalue weighted by Crippen LogP contribution is 2.40. The average Bonchev–Trinajstić information content (AvgIpc) is 3.10. The Hall–Kier alpha value is -1.37. The third-order valence-corrected chi connectivity index (χ3v) is 6.59. The molecule has 2 unspecified atom stereocenters. The normalized spacial score (nSPS) is 22.4. The second kappa shape index (κ2) is 5.44. The number of nitrogens with one attached hydrogen (secondary N) is 2. The lowest BCUT2D eigenvalue weighted by molar-refractivity contribution is 0.586. The Morgan fingerprint density at radius 1 is 1.38 bits per heavy atom. The molecule has 4 nitrogen and oxygen atoms in total. The number of imidazole rings is 1. The standard InChI is InChI=1S/C15H15N3OS2/c19-21(15-17-12-3-1-2-4-13(12)18-15)9-11-7-10-8-16-6-5-14(10)20-11/h1-6,11,16H,7-9H2,(H,17,18). The molecule has 2 N–H and O–H groups in total. The maximum Gasteiger partial charge on any atom is 0.321 e. The molecule has 0 amide bonds. The van der Waals surface area contributed by atoms with Crippen LogP contribution in [0.5, 0.6) is 0 Å². The summed E-state index contributed by atoms with van der Waals surface area (Å²) in [7, 11) is 0. The van der Waals surface area contributed by atoms with Crippen molar-refractivity contribution in [3.05, 3.63) is 47.0 Å². The molecule has 0 fully saturated rings. The monoisotopic (exact) mass is 317 g/mol. The first kappa shape index (κ1) is 13.3. The zero-order valence-electron chi connectivity index (χ0n) is 11.3. The van der Waals surface area contributed by atoms with Gasteiger partial charge in [-0.1, -0.05) is 12.1 Å². The molecule has 2 aliphatic heterocycles. The molecule has 2 aromatic rings. The molecule has 0 aliphatic carbocycles. The van der Waals surface area contributed by atoms with Gasteiger partial charge in [0, 0.05) is 22.6 Å². The topological polar surface area (TPSA) is 63.8 Å². The van der Waals surface area contributed by atoms with Crippen LogP contribution in [0.2, 0.25) is 0 Å². The van der Waals surface area contributed by atoms with E-state index in [0.717, 1.165) is 24.0 Å². The lowest BCUT2D eigenvalue weighted by Crippen LogP contribution is -2.19. The van der Waals surface area contributed by atoms with Gasteiger partial charge < -0.3 is 9.87 Å². The van der Waals surface area contributed by atoms with Crippen LogP contribution in [-0.4, -0.2) is 32.1 Å². The van der Waals surface area contributed by atoms with Gasteiger partial charge in [0.25, 0.3) is 0 Å². The summed E-state index contributed by atoms with van der Waals surface area (Å²) < 4.78 is 12.5. The first-order chi connectivity index (χ1) is 10.3. The van der Waals surface area contributed by atoms with Crippen LogP contribution in [0.4, 0.5) is 0 Å². The van der Waals surface area contributed by atoms with Crippen LogP contribution in [0, 0.1) is 0 Å². The van der Waals surface area contributed by atoms with Crippen molar-refractivity contribution in [1.29, 1.82) is 0 Å². The molecule has 0 radical (unpaired) electrons. The summed E-state index contributed by atoms with van der Waals surface area (Å²) in [6.07, 6.45) is 5.13. The summed E-state index contributed by atoms with van der Waals surface area (Å²) in [5.74, 6) is 0.644. The van der Waals surface area contributed by atoms with Crippen LogP contribution in [0.25, 0.3) is 11.0 Å². The van der Waals surface area contributed by atoms with Gasteiger partial charge in [-0.25, -0.2) is 0 Å². The minimum atomic E-state index is -1.08. The number of para-hydroxylation sites is 2. The second-order valence-electron chi connectivity index (χ2n) is 5.20. The minimum absolute atomic E-state index is 0.383. The maximum absolute atomic E-state index is 12.5. The number of aromatic nitrogens is 2. The molecule has 21 heavy (non-hydrogen) atoms. The number of hydrogen-bond donors (Lipinski definition) is 2. The van der Waals surface area contributed by atoms with E-state index in [-0.39, 0.29) is 0 Å². The largest absolute Gasteiger partial charge is 0.609 e. The molecule has 0 saturated heterocycles. The van der Waals surface area contributed by atoms with Crippen molar-refractivity contribution in [2.75, 3.05) is 12.3 Å². The van der Waals surface area contributed by atoms with E-state index < -0.39 is 11.2 Å². The number of dihydropyridines is 1. The van der Waals surface area contributed by atoms with E-state index in [4.69, 9.17) is 0 Å². The van der Waals surface area contributed by atoms with Crippen molar-refractivity contribution in [3.63, 3.8) is 0 Å². The highest BCUT2D eigenvalue weighted by Gasteiger charge is 2.30. The minimum Gasteiger partial charge on any atom is -0.609 e. The zero-order chi connectivity index (χ0) is 14.2. The fourth-order valence-electron chi connectivity index (χ4n) is 2.69. The van der Waals surface area contributed by atoms with E-state index in [0.29, 0.717) is 16.2 Å². The fraction of sp³-hybridized carbons (Fsp3) is 0.267. The zero-order valence-corrected chi connectivity index (χ0v) is 13.0. The van der Waals surface area contributed by atoms with Crippen molar-refractivity contribution in [1.82, 2.24) is 15.3 Å². The third-order valence-electron chi connectivity index (χ3n) is 3.70. The Morgan fingerprint density at radius 2 is 2.29 bits per heavy atom. The van der Waals surface area contributed by atoms with Crippen LogP contribution in [0.15, 0.2) is 52.2 Å². The van der Waals surface area contributed by atoms with Crippen LogP contribution in [0.1, 0.15) is 6.42 Å². The van der Waals surface area contributed by atoms with Gasteiger partial charge in [-0.15, -0.1) is 11.8 Å². The van der Waals surface area contributed by atoms with E-state index >= 15 is 0 Å². The lowest BCUT2D eigenvalue weighted by atomic mass is 10.1. The van der Waals surface area contributed by atoms with Gasteiger partial charge in [-0.3, -0.25) is 4.98 Å². The molecule has 108 valence electrons. The molecule has 2 atom stereocenters. The van der Waals surface area contributed by atoms with Crippen molar-refractivity contribution in [2.45, 2.75) is 16.8 Å². The van der Waals surface area contributed by atoms with E-state index in [1.165, 1.54) is 10.5 Å². The van der Waals surface area contributed by atoms with Gasteiger partial charge in [0.2, 0.25) is 0 Å². The molecule has 0 saturated carbocycles. The molecule has 1 aromatic carbocycles. The number of allylic oxidation sites excluding steroid dienone is 1. The SMILES string of the molecule is [O-][S+](CC1CC2=C(C=CNC2)S1)c1nc2ccccc2[nH]1. The smallest absolute Gasteiger partial charge is 0.321 e. The van der Waals surface area contributed by atoms with Crippen LogP contribution >= 0.6 is 11.8 Å². The molecule has 3 heterocycles. The number of thioether (sulfide) groups is 1. The number of aromatic amines is 1. The Morgan fingerprint density at radius 3 is 3.14 bits per heavy atom. The van der Waals surface area contributed by atoms with Crippen LogP contribution < -0.4 is 5.32 Å². The van der Waals surface area contributed by atoms with Gasteiger partial charge in [0.15, 0.2) is 0 Å². The maximum atomic E-state index is 12.5. The molecule has 1 aromatic heterocycles. The van der Waals surface area contributed by atoms with Crippen molar-refractivity contribution in [3.8, 4) is 0 Å². The van der Waals surface area contributed by atoms with Crippen LogP contribution in [0.3, 0.4) is 0 Å². The molecule has 6 heteroatoms. The summed E-state index contributed by atoms with van der Waals surface area (Å²) >= 11 is 0.765. The Bertz CT molecular complexity index is 704. The average molecular weight is 317 g/mol. The van der Waals surface area contributed by atoms with Crippen molar-refractivity contribution >= 4 is 34.0 Å². The Balaban J connectivity index is 1.46. The second-order valence-corrected chi connectivity index (χ2v) is 7.95. The van der Waals surface area contributed by atoms with Crippen molar-refractivity contribution in [2.24, 2.45) is 0 Å². The molecule has 4 rings (SSSR count). The molecular weight excluding hydrogens is 302 g/mol. The first-order valence-corrected chi connectivity index (χ1v) is 9.11. The van der Waals surface area contributed by atoms with Gasteiger partial charge in [0.1, 0.15) is 5.75 Å². The molecule has 0 spiro atoms. The van der Waals surface area contributed by atoms with E-state index in [1.807, 2.05) is 42.2 Å². The number of benzene rings is 1. The molecular formula is C15H15N3OS2. The predicted octanol–water partition coefficient (Wildman–Crippen LogP) is 2.55. The summed E-state index contributed by atoms with van der Waals surface area (Å²) in [4.78, 5) is 8.96. The van der Waals surface area contributed by atoms with Crippen LogP contribution in [-0.2, 0) is 11.2 Å². The lowest BCUT2D eigenvalue weighted by Gasteiger charge is -2.12. The van der Waals surface area contributed by atoms with Gasteiger partial charge >= 0.3 is 5.16 Å².